The van der Waals surface area contributed by atoms with Crippen LogP contribution >= 0.6 is 0 Å². The summed E-state index contributed by atoms with van der Waals surface area (Å²) in [6, 6.07) is 9.86. The van der Waals surface area contributed by atoms with Gasteiger partial charge in [0.05, 0.1) is 11.0 Å². The molecule has 1 aromatic rings. The number of carbonyl (C=O) groups is 2. The van der Waals surface area contributed by atoms with Gasteiger partial charge in [0.15, 0.2) is 6.61 Å². The normalized spacial score (nSPS) is 33.1. The van der Waals surface area contributed by atoms with Crippen molar-refractivity contribution in [1.29, 1.82) is 0 Å². The first kappa shape index (κ1) is 19.4. The van der Waals surface area contributed by atoms with Gasteiger partial charge in [0, 0.05) is 12.6 Å². The van der Waals surface area contributed by atoms with E-state index in [2.05, 4.69) is 0 Å². The van der Waals surface area contributed by atoms with Gasteiger partial charge in [-0.25, -0.2) is 0 Å². The maximum absolute atomic E-state index is 13.0. The van der Waals surface area contributed by atoms with Gasteiger partial charge in [-0.1, -0.05) is 30.3 Å². The van der Waals surface area contributed by atoms with E-state index in [9.17, 15) is 14.7 Å². The van der Waals surface area contributed by atoms with E-state index in [4.69, 9.17) is 4.74 Å². The monoisotopic (exact) mass is 385 g/mol. The zero-order chi connectivity index (χ0) is 19.9. The molecule has 1 N–H and O–H groups in total. The summed E-state index contributed by atoms with van der Waals surface area (Å²) in [4.78, 5) is 27.5. The zero-order valence-electron chi connectivity index (χ0n) is 16.9. The summed E-state index contributed by atoms with van der Waals surface area (Å²) in [5.74, 6) is 0.381. The minimum absolute atomic E-state index is 0.0201. The van der Waals surface area contributed by atoms with Crippen molar-refractivity contribution in [3.05, 3.63) is 35.9 Å². The van der Waals surface area contributed by atoms with Crippen molar-refractivity contribution in [3.8, 4) is 0 Å². The molecule has 0 heterocycles. The Morgan fingerprint density at radius 2 is 1.79 bits per heavy atom. The molecule has 28 heavy (non-hydrogen) atoms. The van der Waals surface area contributed by atoms with E-state index in [1.807, 2.05) is 44.2 Å². The minimum atomic E-state index is -0.704. The third kappa shape index (κ3) is 3.69. The molecule has 2 atom stereocenters. The van der Waals surface area contributed by atoms with Crippen LogP contribution in [0.4, 0.5) is 0 Å². The Balaban J connectivity index is 1.39. The lowest BCUT2D eigenvalue weighted by atomic mass is 9.48. The first-order valence-corrected chi connectivity index (χ1v) is 10.5. The molecule has 1 aromatic carbocycles. The van der Waals surface area contributed by atoms with Gasteiger partial charge in [-0.2, -0.15) is 0 Å². The first-order valence-electron chi connectivity index (χ1n) is 10.5. The molecule has 4 fully saturated rings. The highest BCUT2D eigenvalue weighted by molar-refractivity contribution is 5.83. The molecule has 0 radical (unpaired) electrons. The first-order chi connectivity index (χ1) is 13.3. The second kappa shape index (κ2) is 7.18. The summed E-state index contributed by atoms with van der Waals surface area (Å²) in [5.41, 5.74) is -0.231. The zero-order valence-corrected chi connectivity index (χ0v) is 16.9. The van der Waals surface area contributed by atoms with Crippen LogP contribution in [0.5, 0.6) is 0 Å². The van der Waals surface area contributed by atoms with Crippen LogP contribution in [0.2, 0.25) is 0 Å². The van der Waals surface area contributed by atoms with Crippen LogP contribution in [0.1, 0.15) is 57.9 Å². The van der Waals surface area contributed by atoms with Crippen LogP contribution in [0.25, 0.3) is 0 Å². The van der Waals surface area contributed by atoms with Gasteiger partial charge in [-0.3, -0.25) is 9.59 Å². The van der Waals surface area contributed by atoms with Crippen LogP contribution in [0, 0.1) is 17.3 Å². The number of amides is 1. The highest BCUT2D eigenvalue weighted by Crippen LogP contribution is 2.61. The summed E-state index contributed by atoms with van der Waals surface area (Å²) in [6.45, 7) is 4.22. The van der Waals surface area contributed by atoms with Crippen LogP contribution in [0.15, 0.2) is 30.3 Å². The summed E-state index contributed by atoms with van der Waals surface area (Å²) < 4.78 is 5.56. The van der Waals surface area contributed by atoms with E-state index in [-0.39, 0.29) is 24.5 Å². The lowest BCUT2D eigenvalue weighted by Crippen LogP contribution is -2.58. The fourth-order valence-corrected chi connectivity index (χ4v) is 6.16. The van der Waals surface area contributed by atoms with Crippen LogP contribution < -0.4 is 0 Å². The maximum Gasteiger partial charge on any atom is 0.312 e. The molecule has 0 saturated heterocycles. The van der Waals surface area contributed by atoms with Gasteiger partial charge in [-0.05, 0) is 69.8 Å². The van der Waals surface area contributed by atoms with Gasteiger partial charge in [-0.15, -0.1) is 0 Å². The second-order valence-electron chi connectivity index (χ2n) is 9.64. The summed E-state index contributed by atoms with van der Waals surface area (Å²) in [6.07, 6.45) is 4.85. The number of nitrogens with zero attached hydrogens (tertiary/aromatic N) is 1. The lowest BCUT2D eigenvalue weighted by molar-refractivity contribution is -0.197. The molecule has 5 heteroatoms. The predicted octanol–water partition coefficient (Wildman–Crippen LogP) is 3.30. The highest BCUT2D eigenvalue weighted by atomic mass is 16.5. The number of hydrogen-bond donors (Lipinski definition) is 1. The number of benzene rings is 1. The standard InChI is InChI=1S/C23H31NO4/c1-16(2)24(13-17-6-4-3-5-7-17)20(25)14-28-21(26)22-9-18-8-19(10-22)12-23(27,11-18)15-22/h3-7,16,18-19,27H,8-15H2,1-2H3. The number of carbonyl (C=O) groups excluding carboxylic acids is 2. The molecule has 5 rings (SSSR count). The molecule has 4 bridgehead atoms. The predicted molar refractivity (Wildman–Crippen MR) is 105 cm³/mol. The third-order valence-electron chi connectivity index (χ3n) is 6.93. The van der Waals surface area contributed by atoms with Crippen molar-refractivity contribution in [1.82, 2.24) is 4.90 Å². The number of rotatable bonds is 6. The average molecular weight is 386 g/mol. The SMILES string of the molecule is CC(C)N(Cc1ccccc1)C(=O)COC(=O)C12CC3CC(CC(O)(C3)C1)C2. The van der Waals surface area contributed by atoms with Crippen molar-refractivity contribution in [2.75, 3.05) is 6.61 Å². The highest BCUT2D eigenvalue weighted by Gasteiger charge is 2.60. The molecule has 1 amide bonds. The molecule has 2 unspecified atom stereocenters. The van der Waals surface area contributed by atoms with E-state index in [0.29, 0.717) is 24.8 Å². The fraction of sp³-hybridized carbons (Fsp3) is 0.652. The maximum atomic E-state index is 13.0. The molecule has 0 aromatic heterocycles. The Bertz CT molecular complexity index is 730. The fourth-order valence-electron chi connectivity index (χ4n) is 6.16. The van der Waals surface area contributed by atoms with Crippen LogP contribution in [-0.4, -0.2) is 40.1 Å². The third-order valence-corrected chi connectivity index (χ3v) is 6.93. The van der Waals surface area contributed by atoms with Crippen molar-refractivity contribution in [3.63, 3.8) is 0 Å². The van der Waals surface area contributed by atoms with Crippen LogP contribution in [-0.2, 0) is 20.9 Å². The smallest absolute Gasteiger partial charge is 0.312 e. The number of esters is 1. The van der Waals surface area contributed by atoms with Crippen molar-refractivity contribution >= 4 is 11.9 Å². The Morgan fingerprint density at radius 1 is 1.14 bits per heavy atom. The molecule has 5 nitrogen and oxygen atoms in total. The van der Waals surface area contributed by atoms with Gasteiger partial charge in [0.2, 0.25) is 0 Å². The van der Waals surface area contributed by atoms with Crippen LogP contribution in [0.3, 0.4) is 0 Å². The van der Waals surface area contributed by atoms with Crippen molar-refractivity contribution < 1.29 is 19.4 Å². The van der Waals surface area contributed by atoms with Crippen molar-refractivity contribution in [2.45, 2.75) is 70.6 Å². The topological polar surface area (TPSA) is 66.8 Å². The molecular formula is C23H31NO4. The number of aliphatic hydroxyl groups is 1. The average Bonchev–Trinajstić information content (AvgIpc) is 2.62. The van der Waals surface area contributed by atoms with E-state index >= 15 is 0 Å². The molecule has 0 spiro atoms. The second-order valence-corrected chi connectivity index (χ2v) is 9.64. The lowest BCUT2D eigenvalue weighted by Gasteiger charge is -2.58. The van der Waals surface area contributed by atoms with Gasteiger partial charge in [0.25, 0.3) is 5.91 Å². The number of hydrogen-bond acceptors (Lipinski definition) is 4. The van der Waals surface area contributed by atoms with Gasteiger partial charge < -0.3 is 14.7 Å². The molecule has 4 saturated carbocycles. The number of ether oxygens (including phenoxy) is 1. The summed E-state index contributed by atoms with van der Waals surface area (Å²) in [7, 11) is 0. The van der Waals surface area contributed by atoms with E-state index in [1.165, 1.54) is 0 Å². The molecule has 152 valence electrons. The Hall–Kier alpha value is -1.88. The summed E-state index contributed by atoms with van der Waals surface area (Å²) >= 11 is 0. The van der Waals surface area contributed by atoms with E-state index < -0.39 is 11.0 Å². The Labute approximate surface area is 167 Å². The largest absolute Gasteiger partial charge is 0.455 e. The van der Waals surface area contributed by atoms with Gasteiger partial charge in [0.1, 0.15) is 0 Å². The molecule has 4 aliphatic rings. The van der Waals surface area contributed by atoms with E-state index in [1.54, 1.807) is 4.90 Å². The van der Waals surface area contributed by atoms with Crippen molar-refractivity contribution in [2.24, 2.45) is 17.3 Å². The Morgan fingerprint density at radius 3 is 2.36 bits per heavy atom. The van der Waals surface area contributed by atoms with E-state index in [0.717, 1.165) is 37.7 Å². The quantitative estimate of drug-likeness (QED) is 0.763. The van der Waals surface area contributed by atoms with Gasteiger partial charge >= 0.3 is 5.97 Å². The molecule has 0 aliphatic heterocycles. The molecular weight excluding hydrogens is 354 g/mol. The minimum Gasteiger partial charge on any atom is -0.455 e. The molecule has 4 aliphatic carbocycles. The Kier molecular flexibility index (Phi) is 4.98. The summed E-state index contributed by atoms with van der Waals surface area (Å²) in [5, 5.41) is 10.8.